The monoisotopic (exact) mass is 168 g/mol. The molecule has 4 nitrogen and oxygen atoms in total. The Morgan fingerprint density at radius 2 is 1.12 bits per heavy atom. The van der Waals surface area contributed by atoms with Crippen molar-refractivity contribution in [3.8, 4) is 0 Å². The first-order valence-corrected chi connectivity index (χ1v) is 2.00. The van der Waals surface area contributed by atoms with Gasteiger partial charge in [0.1, 0.15) is 0 Å². The zero-order valence-electron chi connectivity index (χ0n) is 6.75. The predicted octanol–water partition coefficient (Wildman–Crippen LogP) is -7.49. The number of rotatable bonds is 0. The van der Waals surface area contributed by atoms with Gasteiger partial charge < -0.3 is 12.0 Å². The molecule has 0 heterocycles. The van der Waals surface area contributed by atoms with Crippen molar-refractivity contribution in [3.05, 3.63) is 0 Å². The molecule has 0 radical (unpaired) electrons. The molecule has 0 aliphatic carbocycles. The Hall–Kier alpha value is 2.64. The van der Waals surface area contributed by atoms with Gasteiger partial charge in [-0.1, -0.05) is 0 Å². The van der Waals surface area contributed by atoms with Gasteiger partial charge in [-0.25, -0.2) is 0 Å². The molecular formula is H2MgNa2O4S. The quantitative estimate of drug-likeness (QED) is 0.204. The van der Waals surface area contributed by atoms with Crippen molar-refractivity contribution in [2.45, 2.75) is 0 Å². The van der Waals surface area contributed by atoms with E-state index in [1.165, 1.54) is 0 Å². The molecule has 36 valence electrons. The van der Waals surface area contributed by atoms with Crippen molar-refractivity contribution in [1.82, 2.24) is 0 Å². The Balaban J connectivity index is -0.00000000800. The largest absolute Gasteiger partial charge is 2.00 e. The first kappa shape index (κ1) is 22.4. The molecule has 0 amide bonds. The Bertz CT molecular complexity index is 104. The fourth-order valence-corrected chi connectivity index (χ4v) is 0. The molecule has 0 aliphatic rings. The third kappa shape index (κ3) is 72.5. The molecule has 8 heavy (non-hydrogen) atoms. The fourth-order valence-electron chi connectivity index (χ4n) is 0. The Kier molecular flexibility index (Phi) is 27.0. The zero-order valence-corrected chi connectivity index (χ0v) is 11.0. The summed E-state index contributed by atoms with van der Waals surface area (Å²) in [6, 6.07) is 0. The van der Waals surface area contributed by atoms with Crippen molar-refractivity contribution < 1.29 is 79.5 Å². The normalized spacial score (nSPS) is 7.25. The van der Waals surface area contributed by atoms with Crippen LogP contribution in [0.5, 0.6) is 0 Å². The van der Waals surface area contributed by atoms with Crippen LogP contribution in [0.25, 0.3) is 0 Å². The van der Waals surface area contributed by atoms with Crippen LogP contribution in [0.15, 0.2) is 0 Å². The van der Waals surface area contributed by atoms with E-state index in [9.17, 15) is 0 Å². The second-order valence-electron chi connectivity index (χ2n) is 0.408. The topological polar surface area (TPSA) is 80.3 Å². The average molecular weight is 168 g/mol. The van der Waals surface area contributed by atoms with Crippen LogP contribution < -0.4 is 59.1 Å². The first-order valence-electron chi connectivity index (χ1n) is 0.667. The Morgan fingerprint density at radius 3 is 1.12 bits per heavy atom. The number of hydrogen-bond acceptors (Lipinski definition) is 4. The minimum absolute atomic E-state index is 0. The van der Waals surface area contributed by atoms with Crippen LogP contribution in [0.1, 0.15) is 2.85 Å². The molecular weight excluding hydrogens is 166 g/mol. The van der Waals surface area contributed by atoms with Crippen LogP contribution >= 0.6 is 0 Å². The van der Waals surface area contributed by atoms with Gasteiger partial charge in [0.15, 0.2) is 0 Å². The summed E-state index contributed by atoms with van der Waals surface area (Å²) >= 11 is 0. The molecule has 0 atom stereocenters. The van der Waals surface area contributed by atoms with Crippen LogP contribution in [-0.2, 0) is 10.4 Å². The van der Waals surface area contributed by atoms with E-state index in [0.29, 0.717) is 0 Å². The first-order chi connectivity index (χ1) is 2.00. The maximum absolute atomic E-state index is 8.52. The average Bonchev–Trinajstić information content (AvgIpc) is 0.722. The van der Waals surface area contributed by atoms with Crippen molar-refractivity contribution in [2.24, 2.45) is 0 Å². The second-order valence-corrected chi connectivity index (χ2v) is 1.22. The molecule has 0 saturated heterocycles. The van der Waals surface area contributed by atoms with E-state index < -0.39 is 10.4 Å². The summed E-state index contributed by atoms with van der Waals surface area (Å²) < 4.78 is 34.1. The van der Waals surface area contributed by atoms with Crippen molar-refractivity contribution >= 4 is 33.5 Å². The summed E-state index contributed by atoms with van der Waals surface area (Å²) in [5.41, 5.74) is 0. The van der Waals surface area contributed by atoms with Gasteiger partial charge in [0.25, 0.3) is 0 Å². The maximum Gasteiger partial charge on any atom is 2.00 e. The van der Waals surface area contributed by atoms with E-state index >= 15 is 0 Å². The summed E-state index contributed by atoms with van der Waals surface area (Å²) in [4.78, 5) is 0. The summed E-state index contributed by atoms with van der Waals surface area (Å²) in [7, 11) is -5.17. The Morgan fingerprint density at radius 1 is 1.12 bits per heavy atom. The molecule has 0 aromatic carbocycles. The van der Waals surface area contributed by atoms with E-state index in [1.807, 2.05) is 0 Å². The van der Waals surface area contributed by atoms with Crippen LogP contribution in [0.2, 0.25) is 0 Å². The van der Waals surface area contributed by atoms with Gasteiger partial charge in [0.2, 0.25) is 0 Å². The van der Waals surface area contributed by atoms with Crippen LogP contribution in [-0.4, -0.2) is 40.6 Å². The van der Waals surface area contributed by atoms with Gasteiger partial charge >= 0.3 is 82.2 Å². The van der Waals surface area contributed by atoms with Gasteiger partial charge in [0, 0.05) is 10.4 Å². The molecule has 8 heteroatoms. The minimum Gasteiger partial charge on any atom is -1.00 e. The van der Waals surface area contributed by atoms with Gasteiger partial charge in [-0.3, -0.25) is 8.42 Å². The third-order valence-corrected chi connectivity index (χ3v) is 0. The van der Waals surface area contributed by atoms with E-state index in [4.69, 9.17) is 17.5 Å². The summed E-state index contributed by atoms with van der Waals surface area (Å²) in [5, 5.41) is 0. The number of hydrogen-bond donors (Lipinski definition) is 0. The third-order valence-electron chi connectivity index (χ3n) is 0. The van der Waals surface area contributed by atoms with Gasteiger partial charge in [-0.2, -0.15) is 0 Å². The predicted molar refractivity (Wildman–Crippen MR) is 18.5 cm³/mol. The molecule has 0 spiro atoms. The van der Waals surface area contributed by atoms with E-state index in [2.05, 4.69) is 0 Å². The van der Waals surface area contributed by atoms with Crippen LogP contribution in [0, 0.1) is 0 Å². The molecule has 0 aromatic heterocycles. The molecule has 0 unspecified atom stereocenters. The van der Waals surface area contributed by atoms with Gasteiger partial charge in [0.05, 0.1) is 0 Å². The minimum atomic E-state index is -5.17. The molecule has 0 bridgehead atoms. The molecule has 0 aliphatic heterocycles. The van der Waals surface area contributed by atoms with Crippen molar-refractivity contribution in [1.29, 1.82) is 0 Å². The maximum atomic E-state index is 8.52. The SMILES string of the molecule is O=S(=O)([O-])[O-].[H-].[H-].[Mg+2].[Na+].[Na+]. The molecule has 0 rings (SSSR count). The fraction of sp³-hybridized carbons (Fsp3) is 0. The van der Waals surface area contributed by atoms with E-state index in [1.54, 1.807) is 0 Å². The molecule has 0 N–H and O–H groups in total. The summed E-state index contributed by atoms with van der Waals surface area (Å²) in [5.74, 6) is 0. The standard InChI is InChI=1S/Mg.2Na.H2O4S.2H/c;;;1-5(2,3)4;;/h;;;(H2,1,2,3,4);;/q+2;2*+1;;2*-1/p-2. The second kappa shape index (κ2) is 9.64. The van der Waals surface area contributed by atoms with E-state index in [-0.39, 0.29) is 85.0 Å². The molecule has 0 saturated carbocycles. The Labute approximate surface area is 111 Å². The van der Waals surface area contributed by atoms with Crippen LogP contribution in [0.3, 0.4) is 0 Å². The zero-order chi connectivity index (χ0) is 4.50. The van der Waals surface area contributed by atoms with E-state index in [0.717, 1.165) is 0 Å². The van der Waals surface area contributed by atoms with Gasteiger partial charge in [-0.15, -0.1) is 0 Å². The summed E-state index contributed by atoms with van der Waals surface area (Å²) in [6.07, 6.45) is 0. The van der Waals surface area contributed by atoms with Gasteiger partial charge in [-0.05, 0) is 0 Å². The molecule has 0 fully saturated rings. The summed E-state index contributed by atoms with van der Waals surface area (Å²) in [6.45, 7) is 0. The molecule has 0 aromatic rings. The van der Waals surface area contributed by atoms with Crippen molar-refractivity contribution in [2.75, 3.05) is 0 Å². The van der Waals surface area contributed by atoms with Crippen molar-refractivity contribution in [3.63, 3.8) is 0 Å². The van der Waals surface area contributed by atoms with Crippen LogP contribution in [0.4, 0.5) is 0 Å². The smallest absolute Gasteiger partial charge is 1.00 e.